The van der Waals surface area contributed by atoms with Crippen molar-refractivity contribution in [2.45, 2.75) is 6.18 Å². The van der Waals surface area contributed by atoms with Gasteiger partial charge in [0.05, 0.1) is 22.7 Å². The molecule has 0 saturated carbocycles. The molecule has 4 nitrogen and oxygen atoms in total. The minimum atomic E-state index is -4.53. The summed E-state index contributed by atoms with van der Waals surface area (Å²) in [5.41, 5.74) is -0.656. The largest absolute Gasteiger partial charge is 0.475 e. The molecular formula is C15H11Cl2F3N2O2. The maximum atomic E-state index is 12.5. The zero-order chi connectivity index (χ0) is 17.7. The van der Waals surface area contributed by atoms with Crippen molar-refractivity contribution in [2.24, 2.45) is 0 Å². The van der Waals surface area contributed by atoms with E-state index < -0.39 is 17.6 Å². The van der Waals surface area contributed by atoms with Gasteiger partial charge >= 0.3 is 6.18 Å². The van der Waals surface area contributed by atoms with E-state index in [9.17, 15) is 18.0 Å². The monoisotopic (exact) mass is 378 g/mol. The number of alkyl halides is 3. The highest BCUT2D eigenvalue weighted by Crippen LogP contribution is 2.32. The molecule has 0 atom stereocenters. The van der Waals surface area contributed by atoms with Crippen LogP contribution >= 0.6 is 23.2 Å². The van der Waals surface area contributed by atoms with Gasteiger partial charge in [-0.15, -0.1) is 0 Å². The number of ether oxygens (including phenoxy) is 1. The summed E-state index contributed by atoms with van der Waals surface area (Å²) in [5, 5.41) is 2.61. The maximum absolute atomic E-state index is 12.5. The summed E-state index contributed by atoms with van der Waals surface area (Å²) in [6.45, 7) is 0.0807. The Morgan fingerprint density at radius 1 is 1.21 bits per heavy atom. The number of hydrogen-bond acceptors (Lipinski definition) is 3. The molecule has 2 rings (SSSR count). The molecule has 0 unspecified atom stereocenters. The summed E-state index contributed by atoms with van der Waals surface area (Å²) >= 11 is 11.6. The first-order chi connectivity index (χ1) is 11.3. The van der Waals surface area contributed by atoms with Gasteiger partial charge in [-0.25, -0.2) is 4.98 Å². The Kier molecular flexibility index (Phi) is 5.90. The van der Waals surface area contributed by atoms with Crippen molar-refractivity contribution >= 4 is 29.1 Å². The smallest absolute Gasteiger partial charge is 0.417 e. The number of hydrogen-bond donors (Lipinski definition) is 1. The number of nitrogens with one attached hydrogen (secondary N) is 1. The Labute approximate surface area is 145 Å². The van der Waals surface area contributed by atoms with Crippen molar-refractivity contribution in [2.75, 3.05) is 13.2 Å². The number of benzene rings is 1. The van der Waals surface area contributed by atoms with E-state index in [0.717, 1.165) is 6.07 Å². The third kappa shape index (κ3) is 4.75. The molecule has 1 amide bonds. The molecule has 0 aliphatic carbocycles. The van der Waals surface area contributed by atoms with Crippen LogP contribution in [0.25, 0.3) is 0 Å². The average Bonchev–Trinajstić information content (AvgIpc) is 2.52. The van der Waals surface area contributed by atoms with E-state index in [0.29, 0.717) is 16.8 Å². The zero-order valence-electron chi connectivity index (χ0n) is 12.0. The van der Waals surface area contributed by atoms with Crippen molar-refractivity contribution in [3.8, 4) is 5.88 Å². The highest BCUT2D eigenvalue weighted by Gasteiger charge is 2.31. The number of nitrogens with zero attached hydrogens (tertiary/aromatic N) is 1. The topological polar surface area (TPSA) is 51.2 Å². The van der Waals surface area contributed by atoms with Gasteiger partial charge in [0, 0.05) is 6.20 Å². The third-order valence-electron chi connectivity index (χ3n) is 2.88. The number of carbonyl (C=O) groups is 1. The van der Waals surface area contributed by atoms with Crippen LogP contribution in [0, 0.1) is 0 Å². The molecule has 128 valence electrons. The molecule has 1 aromatic heterocycles. The van der Waals surface area contributed by atoms with E-state index in [1.165, 1.54) is 0 Å². The Bertz CT molecular complexity index is 739. The van der Waals surface area contributed by atoms with E-state index in [-0.39, 0.29) is 24.1 Å². The summed E-state index contributed by atoms with van der Waals surface area (Å²) in [6, 6.07) is 7.24. The Morgan fingerprint density at radius 3 is 2.54 bits per heavy atom. The highest BCUT2D eigenvalue weighted by molar-refractivity contribution is 6.33. The lowest BCUT2D eigenvalue weighted by Gasteiger charge is -2.11. The predicted molar refractivity (Wildman–Crippen MR) is 83.5 cm³/mol. The van der Waals surface area contributed by atoms with E-state index in [2.05, 4.69) is 10.3 Å². The van der Waals surface area contributed by atoms with Crippen molar-refractivity contribution in [1.29, 1.82) is 0 Å². The van der Waals surface area contributed by atoms with E-state index >= 15 is 0 Å². The standard InChI is InChI=1S/C15H11Cl2F3N2O2/c16-11-4-2-1-3-10(11)13(23)21-5-6-24-14-12(17)7-9(8-22-14)15(18,19)20/h1-4,7-8H,5-6H2,(H,21,23). The van der Waals surface area contributed by atoms with Crippen molar-refractivity contribution in [3.63, 3.8) is 0 Å². The van der Waals surface area contributed by atoms with Crippen LogP contribution in [0.4, 0.5) is 13.2 Å². The fourth-order valence-electron chi connectivity index (χ4n) is 1.74. The third-order valence-corrected chi connectivity index (χ3v) is 3.48. The van der Waals surface area contributed by atoms with E-state index in [4.69, 9.17) is 27.9 Å². The zero-order valence-corrected chi connectivity index (χ0v) is 13.5. The molecule has 24 heavy (non-hydrogen) atoms. The highest BCUT2D eigenvalue weighted by atomic mass is 35.5. The Morgan fingerprint density at radius 2 is 1.92 bits per heavy atom. The second-order valence-electron chi connectivity index (χ2n) is 4.59. The first-order valence-electron chi connectivity index (χ1n) is 6.67. The number of rotatable bonds is 5. The second-order valence-corrected chi connectivity index (χ2v) is 5.41. The van der Waals surface area contributed by atoms with Crippen LogP contribution in [0.15, 0.2) is 36.5 Å². The number of aromatic nitrogens is 1. The van der Waals surface area contributed by atoms with Gasteiger partial charge in [0.15, 0.2) is 0 Å². The number of halogens is 5. The summed E-state index contributed by atoms with van der Waals surface area (Å²) in [5.74, 6) is -0.535. The van der Waals surface area contributed by atoms with E-state index in [1.807, 2.05) is 0 Å². The number of pyridine rings is 1. The van der Waals surface area contributed by atoms with Crippen molar-refractivity contribution < 1.29 is 22.7 Å². The number of carbonyl (C=O) groups excluding carboxylic acids is 1. The van der Waals surface area contributed by atoms with Crippen LogP contribution in [0.2, 0.25) is 10.0 Å². The van der Waals surface area contributed by atoms with Gasteiger partial charge < -0.3 is 10.1 Å². The molecular weight excluding hydrogens is 368 g/mol. The normalized spacial score (nSPS) is 11.2. The van der Waals surface area contributed by atoms with Crippen LogP contribution in [-0.2, 0) is 6.18 Å². The average molecular weight is 379 g/mol. The number of amides is 1. The maximum Gasteiger partial charge on any atom is 0.417 e. The summed E-state index contributed by atoms with van der Waals surface area (Å²) < 4.78 is 42.6. The van der Waals surface area contributed by atoms with Crippen LogP contribution in [0.5, 0.6) is 5.88 Å². The molecule has 0 saturated heterocycles. The fourth-order valence-corrected chi connectivity index (χ4v) is 2.18. The quantitative estimate of drug-likeness (QED) is 0.792. The Balaban J connectivity index is 1.87. The minimum Gasteiger partial charge on any atom is -0.475 e. The van der Waals surface area contributed by atoms with Gasteiger partial charge in [0.2, 0.25) is 5.88 Å². The molecule has 0 spiro atoms. The molecule has 9 heteroatoms. The van der Waals surface area contributed by atoms with Gasteiger partial charge in [-0.05, 0) is 18.2 Å². The van der Waals surface area contributed by atoms with Crippen LogP contribution in [0.3, 0.4) is 0 Å². The summed E-state index contributed by atoms with van der Waals surface area (Å²) in [7, 11) is 0. The van der Waals surface area contributed by atoms with Crippen LogP contribution in [-0.4, -0.2) is 24.0 Å². The first kappa shape index (κ1) is 18.4. The van der Waals surface area contributed by atoms with Gasteiger partial charge in [-0.2, -0.15) is 13.2 Å². The molecule has 1 N–H and O–H groups in total. The first-order valence-corrected chi connectivity index (χ1v) is 7.43. The van der Waals surface area contributed by atoms with Crippen LogP contribution in [0.1, 0.15) is 15.9 Å². The molecule has 0 bridgehead atoms. The molecule has 0 fully saturated rings. The van der Waals surface area contributed by atoms with Gasteiger partial charge in [-0.1, -0.05) is 35.3 Å². The SMILES string of the molecule is O=C(NCCOc1ncc(C(F)(F)F)cc1Cl)c1ccccc1Cl. The minimum absolute atomic E-state index is 0.0196. The molecule has 1 aromatic carbocycles. The molecule has 0 aliphatic rings. The molecule has 2 aromatic rings. The van der Waals surface area contributed by atoms with Gasteiger partial charge in [0.25, 0.3) is 5.91 Å². The van der Waals surface area contributed by atoms with E-state index in [1.54, 1.807) is 24.3 Å². The summed E-state index contributed by atoms with van der Waals surface area (Å²) in [4.78, 5) is 15.4. The van der Waals surface area contributed by atoms with Crippen LogP contribution < -0.4 is 10.1 Å². The van der Waals surface area contributed by atoms with Gasteiger partial charge in [-0.3, -0.25) is 4.79 Å². The van der Waals surface area contributed by atoms with Gasteiger partial charge in [0.1, 0.15) is 11.6 Å². The molecule has 0 radical (unpaired) electrons. The lowest BCUT2D eigenvalue weighted by molar-refractivity contribution is -0.137. The van der Waals surface area contributed by atoms with Crippen molar-refractivity contribution in [1.82, 2.24) is 10.3 Å². The molecule has 0 aliphatic heterocycles. The fraction of sp³-hybridized carbons (Fsp3) is 0.200. The predicted octanol–water partition coefficient (Wildman–Crippen LogP) is 4.22. The summed E-state index contributed by atoms with van der Waals surface area (Å²) in [6.07, 6.45) is -3.90. The lowest BCUT2D eigenvalue weighted by atomic mass is 10.2. The Hall–Kier alpha value is -1.99. The second kappa shape index (κ2) is 7.72. The lowest BCUT2D eigenvalue weighted by Crippen LogP contribution is -2.28. The van der Waals surface area contributed by atoms with Crippen molar-refractivity contribution in [3.05, 3.63) is 57.7 Å². The molecule has 1 heterocycles.